The maximum Gasteiger partial charge on any atom is 0.0527 e. The molecule has 0 aromatic rings. The molecule has 0 saturated heterocycles. The van der Waals surface area contributed by atoms with Crippen LogP contribution in [-0.4, -0.2) is 31.5 Å². The summed E-state index contributed by atoms with van der Waals surface area (Å²) >= 11 is 0. The highest BCUT2D eigenvalue weighted by molar-refractivity contribution is 6.79. The van der Waals surface area contributed by atoms with E-state index in [0.29, 0.717) is 0 Å². The van der Waals surface area contributed by atoms with Gasteiger partial charge < -0.3 is 10.2 Å². The fourth-order valence-electron chi connectivity index (χ4n) is 2.45. The number of hydrogen-bond donors (Lipinski definition) is 2. The first-order chi connectivity index (χ1) is 7.67. The van der Waals surface area contributed by atoms with Crippen LogP contribution in [0.4, 0.5) is 0 Å². The van der Waals surface area contributed by atoms with Crippen LogP contribution < -0.4 is 0 Å². The average molecular weight is 246 g/mol. The topological polar surface area (TPSA) is 40.5 Å². The van der Waals surface area contributed by atoms with E-state index in [0.717, 1.165) is 6.42 Å². The molecule has 0 spiro atoms. The minimum absolute atomic E-state index is 0.112. The molecule has 16 heavy (non-hydrogen) atoms. The first kappa shape index (κ1) is 16.1. The van der Waals surface area contributed by atoms with E-state index >= 15 is 0 Å². The number of aliphatic hydroxyl groups is 2. The fraction of sp³-hybridized carbons (Fsp3) is 1.00. The lowest BCUT2D eigenvalue weighted by atomic mass is 10.0. The van der Waals surface area contributed by atoms with E-state index < -0.39 is 8.07 Å². The molecule has 0 aromatic carbocycles. The quantitative estimate of drug-likeness (QED) is 0.459. The highest BCUT2D eigenvalue weighted by atomic mass is 28.3. The number of rotatable bonds is 10. The monoisotopic (exact) mass is 246 g/mol. The van der Waals surface area contributed by atoms with Gasteiger partial charge in [-0.3, -0.25) is 0 Å². The van der Waals surface area contributed by atoms with Crippen molar-refractivity contribution in [3.05, 3.63) is 0 Å². The van der Waals surface area contributed by atoms with Gasteiger partial charge in [-0.25, -0.2) is 0 Å². The molecular formula is C13H30O2Si. The van der Waals surface area contributed by atoms with E-state index in [1.54, 1.807) is 0 Å². The van der Waals surface area contributed by atoms with Gasteiger partial charge in [0.1, 0.15) is 0 Å². The van der Waals surface area contributed by atoms with Gasteiger partial charge >= 0.3 is 0 Å². The summed E-state index contributed by atoms with van der Waals surface area (Å²) in [6, 6.07) is 5.65. The first-order valence-corrected chi connectivity index (χ1v) is 9.72. The van der Waals surface area contributed by atoms with Crippen LogP contribution in [0, 0.1) is 5.92 Å². The number of unbranched alkanes of at least 4 members (excludes halogenated alkanes) is 1. The zero-order valence-corrected chi connectivity index (χ0v) is 12.3. The van der Waals surface area contributed by atoms with E-state index in [4.69, 9.17) is 10.2 Å². The van der Waals surface area contributed by atoms with Crippen molar-refractivity contribution in [1.29, 1.82) is 0 Å². The van der Waals surface area contributed by atoms with Gasteiger partial charge in [0.2, 0.25) is 0 Å². The van der Waals surface area contributed by atoms with Crippen LogP contribution in [0.3, 0.4) is 0 Å². The van der Waals surface area contributed by atoms with Gasteiger partial charge in [0, 0.05) is 19.1 Å². The molecule has 0 rings (SSSR count). The van der Waals surface area contributed by atoms with E-state index in [1.165, 1.54) is 37.0 Å². The van der Waals surface area contributed by atoms with Gasteiger partial charge in [0.25, 0.3) is 0 Å². The van der Waals surface area contributed by atoms with Crippen molar-refractivity contribution in [2.24, 2.45) is 5.92 Å². The smallest absolute Gasteiger partial charge is 0.0527 e. The Hall–Kier alpha value is 0.137. The van der Waals surface area contributed by atoms with Crippen molar-refractivity contribution in [2.75, 3.05) is 13.2 Å². The molecule has 2 nitrogen and oxygen atoms in total. The normalized spacial score (nSPS) is 12.4. The van der Waals surface area contributed by atoms with Gasteiger partial charge in [0.05, 0.1) is 8.07 Å². The predicted molar refractivity (Wildman–Crippen MR) is 73.5 cm³/mol. The van der Waals surface area contributed by atoms with Crippen LogP contribution in [-0.2, 0) is 0 Å². The largest absolute Gasteiger partial charge is 0.396 e. The Kier molecular flexibility index (Phi) is 9.28. The molecule has 0 fully saturated rings. The van der Waals surface area contributed by atoms with Crippen molar-refractivity contribution >= 4 is 8.07 Å². The average Bonchev–Trinajstić information content (AvgIpc) is 2.35. The SMILES string of the molecule is CC[Si](CC)(CC)CCCCC(CO)CO. The maximum atomic E-state index is 8.97. The summed E-state index contributed by atoms with van der Waals surface area (Å²) in [5, 5.41) is 17.9. The fourth-order valence-corrected chi connectivity index (χ4v) is 6.01. The molecule has 0 amide bonds. The van der Waals surface area contributed by atoms with Crippen molar-refractivity contribution in [1.82, 2.24) is 0 Å². The van der Waals surface area contributed by atoms with E-state index in [2.05, 4.69) is 20.8 Å². The highest BCUT2D eigenvalue weighted by Gasteiger charge is 2.25. The summed E-state index contributed by atoms with van der Waals surface area (Å²) in [6.07, 6.45) is 3.44. The lowest BCUT2D eigenvalue weighted by Crippen LogP contribution is -2.30. The lowest BCUT2D eigenvalue weighted by molar-refractivity contribution is 0.142. The summed E-state index contributed by atoms with van der Waals surface area (Å²) < 4.78 is 0. The number of hydrogen-bond acceptors (Lipinski definition) is 2. The summed E-state index contributed by atoms with van der Waals surface area (Å²) in [5.41, 5.74) is 0. The van der Waals surface area contributed by atoms with E-state index in [1.807, 2.05) is 0 Å². The minimum Gasteiger partial charge on any atom is -0.396 e. The molecule has 0 radical (unpaired) electrons. The third-order valence-corrected chi connectivity index (χ3v) is 10.3. The Morgan fingerprint density at radius 1 is 0.875 bits per heavy atom. The maximum absolute atomic E-state index is 8.97. The van der Waals surface area contributed by atoms with Gasteiger partial charge in [-0.05, 0) is 6.42 Å². The Morgan fingerprint density at radius 3 is 1.75 bits per heavy atom. The molecule has 0 unspecified atom stereocenters. The third-order valence-electron chi connectivity index (χ3n) is 4.34. The van der Waals surface area contributed by atoms with Crippen molar-refractivity contribution in [3.8, 4) is 0 Å². The van der Waals surface area contributed by atoms with E-state index in [-0.39, 0.29) is 19.1 Å². The van der Waals surface area contributed by atoms with Gasteiger partial charge in [-0.2, -0.15) is 0 Å². The van der Waals surface area contributed by atoms with Crippen LogP contribution in [0.5, 0.6) is 0 Å². The molecular weight excluding hydrogens is 216 g/mol. The second-order valence-corrected chi connectivity index (χ2v) is 10.7. The molecule has 0 heterocycles. The third kappa shape index (κ3) is 5.46. The Balaban J connectivity index is 3.78. The lowest BCUT2D eigenvalue weighted by Gasteiger charge is -2.28. The van der Waals surface area contributed by atoms with Gasteiger partial charge in [-0.15, -0.1) is 0 Å². The standard InChI is InChI=1S/C13H30O2Si/c1-4-16(5-2,6-3)10-8-7-9-13(11-14)12-15/h13-15H,4-12H2,1-3H3. The van der Waals surface area contributed by atoms with Crippen molar-refractivity contribution in [3.63, 3.8) is 0 Å². The molecule has 0 aliphatic carbocycles. The van der Waals surface area contributed by atoms with Gasteiger partial charge in [-0.1, -0.05) is 57.8 Å². The zero-order chi connectivity index (χ0) is 12.4. The molecule has 0 atom stereocenters. The Morgan fingerprint density at radius 2 is 1.38 bits per heavy atom. The second kappa shape index (κ2) is 9.20. The summed E-state index contributed by atoms with van der Waals surface area (Å²) in [4.78, 5) is 0. The Bertz CT molecular complexity index is 146. The molecule has 0 aliphatic rings. The molecule has 3 heteroatoms. The van der Waals surface area contributed by atoms with E-state index in [9.17, 15) is 0 Å². The Labute approximate surface area is 102 Å². The molecule has 0 aliphatic heterocycles. The summed E-state index contributed by atoms with van der Waals surface area (Å²) in [5.74, 6) is 0.112. The van der Waals surface area contributed by atoms with Crippen LogP contribution in [0.25, 0.3) is 0 Å². The summed E-state index contributed by atoms with van der Waals surface area (Å²) in [6.45, 7) is 7.32. The first-order valence-electron chi connectivity index (χ1n) is 6.89. The minimum atomic E-state index is -0.935. The number of aliphatic hydroxyl groups excluding tert-OH is 2. The van der Waals surface area contributed by atoms with Crippen LogP contribution in [0.1, 0.15) is 40.0 Å². The summed E-state index contributed by atoms with van der Waals surface area (Å²) in [7, 11) is -0.935. The van der Waals surface area contributed by atoms with Crippen molar-refractivity contribution in [2.45, 2.75) is 64.2 Å². The van der Waals surface area contributed by atoms with Gasteiger partial charge in [0.15, 0.2) is 0 Å². The van der Waals surface area contributed by atoms with Crippen LogP contribution in [0.2, 0.25) is 24.2 Å². The highest BCUT2D eigenvalue weighted by Crippen LogP contribution is 2.27. The molecule has 2 N–H and O–H groups in total. The van der Waals surface area contributed by atoms with Crippen LogP contribution >= 0.6 is 0 Å². The molecule has 0 aromatic heterocycles. The molecule has 0 bridgehead atoms. The zero-order valence-electron chi connectivity index (χ0n) is 11.3. The van der Waals surface area contributed by atoms with Crippen molar-refractivity contribution < 1.29 is 10.2 Å². The van der Waals surface area contributed by atoms with Crippen LogP contribution in [0.15, 0.2) is 0 Å². The molecule has 0 saturated carbocycles. The second-order valence-electron chi connectivity index (χ2n) is 5.04. The molecule has 98 valence electrons. The predicted octanol–water partition coefficient (Wildman–Crippen LogP) is 3.27.